The van der Waals surface area contributed by atoms with Crippen LogP contribution in [0.5, 0.6) is 5.75 Å². The fourth-order valence-corrected chi connectivity index (χ4v) is 3.63. The van der Waals surface area contributed by atoms with Crippen LogP contribution < -0.4 is 10.1 Å². The van der Waals surface area contributed by atoms with E-state index in [1.165, 1.54) is 12.8 Å². The number of ketones is 1. The predicted octanol–water partition coefficient (Wildman–Crippen LogP) is 4.76. The smallest absolute Gasteiger partial charge is 0.173 e. The average Bonchev–Trinajstić information content (AvgIpc) is 2.62. The molecule has 1 aromatic rings. The fourth-order valence-electron chi connectivity index (χ4n) is 3.28. The number of Topliss-reactive ketones (excluding diaryl/α,β-unsaturated/α-hetero) is 1. The Morgan fingerprint density at radius 2 is 1.88 bits per heavy atom. The number of carbonyl (C=O) groups is 1. The molecule has 1 aliphatic rings. The van der Waals surface area contributed by atoms with Gasteiger partial charge in [-0.3, -0.25) is 4.79 Å². The zero-order valence-electron chi connectivity index (χ0n) is 16.3. The molecule has 0 radical (unpaired) electrons. The van der Waals surface area contributed by atoms with Crippen LogP contribution in [0.2, 0.25) is 0 Å². The van der Waals surface area contributed by atoms with E-state index in [1.807, 2.05) is 36.1 Å². The average molecular weight is 375 g/mol. The molecule has 0 amide bonds. The third-order valence-electron chi connectivity index (χ3n) is 4.65. The van der Waals surface area contributed by atoms with Crippen molar-refractivity contribution in [2.45, 2.75) is 59.4 Å². The molecule has 1 heterocycles. The Hall–Kier alpha value is -1.88. The van der Waals surface area contributed by atoms with E-state index >= 15 is 0 Å². The highest BCUT2D eigenvalue weighted by Crippen LogP contribution is 2.32. The van der Waals surface area contributed by atoms with Gasteiger partial charge in [0.1, 0.15) is 5.75 Å². The minimum Gasteiger partial charge on any atom is -0.494 e. The molecule has 2 rings (SSSR count). The molecule has 142 valence electrons. The van der Waals surface area contributed by atoms with Gasteiger partial charge >= 0.3 is 0 Å². The lowest BCUT2D eigenvalue weighted by Gasteiger charge is -2.37. The normalized spacial score (nSPS) is 17.3. The van der Waals surface area contributed by atoms with Gasteiger partial charge in [-0.05, 0) is 56.6 Å². The maximum absolute atomic E-state index is 12.3. The summed E-state index contributed by atoms with van der Waals surface area (Å²) >= 11 is 5.54. The van der Waals surface area contributed by atoms with Gasteiger partial charge in [0.2, 0.25) is 0 Å². The molecule has 1 atom stereocenters. The minimum absolute atomic E-state index is 0.0727. The largest absolute Gasteiger partial charge is 0.494 e. The summed E-state index contributed by atoms with van der Waals surface area (Å²) in [5, 5.41) is 4.03. The van der Waals surface area contributed by atoms with Crippen molar-refractivity contribution < 1.29 is 9.53 Å². The van der Waals surface area contributed by atoms with Crippen LogP contribution in [-0.4, -0.2) is 28.9 Å². The number of hydrogen-bond donors (Lipinski definition) is 1. The first-order valence-corrected chi connectivity index (χ1v) is 9.92. The predicted molar refractivity (Wildman–Crippen MR) is 110 cm³/mol. The van der Waals surface area contributed by atoms with Crippen LogP contribution in [0.4, 0.5) is 0 Å². The number of nitrogens with zero attached hydrogens (tertiary/aromatic N) is 1. The number of thiocarbonyl (C=S) groups is 1. The maximum atomic E-state index is 12.3. The van der Waals surface area contributed by atoms with Gasteiger partial charge < -0.3 is 15.0 Å². The summed E-state index contributed by atoms with van der Waals surface area (Å²) < 4.78 is 5.78. The highest BCUT2D eigenvalue weighted by molar-refractivity contribution is 7.80. The van der Waals surface area contributed by atoms with E-state index in [0.29, 0.717) is 5.11 Å². The SMILES string of the molecule is CCCCCOc1ccc(C2NC(=S)N(CCC)C(C)=C2C(C)=O)cc1. The highest BCUT2D eigenvalue weighted by Gasteiger charge is 2.31. The molecule has 0 saturated carbocycles. The van der Waals surface area contributed by atoms with Crippen LogP contribution in [0.15, 0.2) is 35.5 Å². The molecule has 5 heteroatoms. The monoisotopic (exact) mass is 374 g/mol. The van der Waals surface area contributed by atoms with Crippen molar-refractivity contribution in [3.05, 3.63) is 41.1 Å². The molecule has 1 aliphatic heterocycles. The Labute approximate surface area is 162 Å². The Kier molecular flexibility index (Phi) is 7.64. The van der Waals surface area contributed by atoms with Gasteiger partial charge in [0.05, 0.1) is 12.6 Å². The van der Waals surface area contributed by atoms with E-state index in [9.17, 15) is 4.79 Å². The Bertz CT molecular complexity index is 667. The molecular formula is C21H30N2O2S. The second-order valence-corrected chi connectivity index (χ2v) is 7.10. The van der Waals surface area contributed by atoms with Gasteiger partial charge in [-0.25, -0.2) is 0 Å². The molecule has 4 nitrogen and oxygen atoms in total. The van der Waals surface area contributed by atoms with Crippen molar-refractivity contribution in [2.24, 2.45) is 0 Å². The molecule has 1 unspecified atom stereocenters. The molecule has 0 aromatic heterocycles. The van der Waals surface area contributed by atoms with Crippen molar-refractivity contribution in [3.8, 4) is 5.75 Å². The van der Waals surface area contributed by atoms with Gasteiger partial charge in [0, 0.05) is 17.8 Å². The second kappa shape index (κ2) is 9.72. The third kappa shape index (κ3) is 4.85. The minimum atomic E-state index is -0.206. The second-order valence-electron chi connectivity index (χ2n) is 6.71. The van der Waals surface area contributed by atoms with Gasteiger partial charge in [-0.1, -0.05) is 38.8 Å². The Balaban J connectivity index is 2.20. The summed E-state index contributed by atoms with van der Waals surface area (Å²) in [7, 11) is 0. The molecule has 26 heavy (non-hydrogen) atoms. The lowest BCUT2D eigenvalue weighted by atomic mass is 9.92. The number of benzene rings is 1. The Morgan fingerprint density at radius 3 is 2.46 bits per heavy atom. The molecule has 0 saturated heterocycles. The summed E-state index contributed by atoms with van der Waals surface area (Å²) in [6, 6.07) is 7.76. The molecule has 0 fully saturated rings. The van der Waals surface area contributed by atoms with Crippen LogP contribution in [0, 0.1) is 0 Å². The van der Waals surface area contributed by atoms with E-state index < -0.39 is 0 Å². The van der Waals surface area contributed by atoms with Crippen LogP contribution in [0.1, 0.15) is 65.0 Å². The van der Waals surface area contributed by atoms with Gasteiger partial charge in [0.15, 0.2) is 10.9 Å². The van der Waals surface area contributed by atoms with Crippen LogP contribution in [0.3, 0.4) is 0 Å². The topological polar surface area (TPSA) is 41.6 Å². The van der Waals surface area contributed by atoms with Gasteiger partial charge in [0.25, 0.3) is 0 Å². The third-order valence-corrected chi connectivity index (χ3v) is 4.99. The van der Waals surface area contributed by atoms with E-state index in [2.05, 4.69) is 19.2 Å². The first kappa shape index (κ1) is 20.4. The summed E-state index contributed by atoms with van der Waals surface area (Å²) in [5.41, 5.74) is 2.76. The van der Waals surface area contributed by atoms with Crippen molar-refractivity contribution in [1.82, 2.24) is 10.2 Å². The summed E-state index contributed by atoms with van der Waals surface area (Å²) in [4.78, 5) is 14.3. The summed E-state index contributed by atoms with van der Waals surface area (Å²) in [5.74, 6) is 0.935. The van der Waals surface area contributed by atoms with Crippen LogP contribution in [0.25, 0.3) is 0 Å². The first-order valence-electron chi connectivity index (χ1n) is 9.52. The number of hydrogen-bond acceptors (Lipinski definition) is 3. The lowest BCUT2D eigenvalue weighted by Crippen LogP contribution is -2.47. The molecule has 0 aliphatic carbocycles. The maximum Gasteiger partial charge on any atom is 0.173 e. The molecule has 0 spiro atoms. The van der Waals surface area contributed by atoms with Crippen molar-refractivity contribution in [3.63, 3.8) is 0 Å². The van der Waals surface area contributed by atoms with E-state index in [-0.39, 0.29) is 11.8 Å². The van der Waals surface area contributed by atoms with E-state index in [4.69, 9.17) is 17.0 Å². The Morgan fingerprint density at radius 1 is 1.19 bits per heavy atom. The summed E-state index contributed by atoms with van der Waals surface area (Å²) in [6.45, 7) is 9.44. The molecule has 1 aromatic carbocycles. The van der Waals surface area contributed by atoms with Crippen LogP contribution >= 0.6 is 12.2 Å². The molecular weight excluding hydrogens is 344 g/mol. The standard InChI is InChI=1S/C21H30N2O2S/c1-5-7-8-14-25-18-11-9-17(10-12-18)20-19(16(4)24)15(3)23(13-6-2)21(26)22-20/h9-12,20H,5-8,13-14H2,1-4H3,(H,22,26). The van der Waals surface area contributed by atoms with E-state index in [0.717, 1.165) is 48.6 Å². The number of allylic oxidation sites excluding steroid dienone is 1. The fraction of sp³-hybridized carbons (Fsp3) is 0.524. The number of ether oxygens (including phenoxy) is 1. The molecule has 1 N–H and O–H groups in total. The van der Waals surface area contributed by atoms with Crippen molar-refractivity contribution in [1.29, 1.82) is 0 Å². The summed E-state index contributed by atoms with van der Waals surface area (Å²) in [6.07, 6.45) is 4.41. The van der Waals surface area contributed by atoms with Crippen molar-refractivity contribution >= 4 is 23.1 Å². The highest BCUT2D eigenvalue weighted by atomic mass is 32.1. The van der Waals surface area contributed by atoms with Crippen molar-refractivity contribution in [2.75, 3.05) is 13.2 Å². The van der Waals surface area contributed by atoms with Gasteiger partial charge in [-0.15, -0.1) is 0 Å². The number of nitrogens with one attached hydrogen (secondary N) is 1. The van der Waals surface area contributed by atoms with Gasteiger partial charge in [-0.2, -0.15) is 0 Å². The van der Waals surface area contributed by atoms with Crippen LogP contribution in [-0.2, 0) is 4.79 Å². The van der Waals surface area contributed by atoms with E-state index in [1.54, 1.807) is 6.92 Å². The number of carbonyl (C=O) groups excluding carboxylic acids is 1. The molecule has 0 bridgehead atoms. The quantitative estimate of drug-likeness (QED) is 0.498. The number of unbranched alkanes of at least 4 members (excludes halogenated alkanes) is 2. The zero-order chi connectivity index (χ0) is 19.1. The number of rotatable bonds is 9. The lowest BCUT2D eigenvalue weighted by molar-refractivity contribution is -0.114. The zero-order valence-corrected chi connectivity index (χ0v) is 17.1. The first-order chi connectivity index (χ1) is 12.5.